The molecular formula is C17H17NO2. The lowest BCUT2D eigenvalue weighted by Crippen LogP contribution is -2.22. The van der Waals surface area contributed by atoms with Crippen molar-refractivity contribution in [2.24, 2.45) is 0 Å². The van der Waals surface area contributed by atoms with Crippen molar-refractivity contribution in [2.75, 3.05) is 12.0 Å². The van der Waals surface area contributed by atoms with E-state index in [-0.39, 0.29) is 5.91 Å². The topological polar surface area (TPSA) is 29.5 Å². The molecule has 2 aromatic rings. The van der Waals surface area contributed by atoms with Crippen molar-refractivity contribution < 1.29 is 9.53 Å². The number of hydrogen-bond donors (Lipinski definition) is 0. The number of benzene rings is 2. The van der Waals surface area contributed by atoms with E-state index in [4.69, 9.17) is 4.74 Å². The second-order valence-corrected chi connectivity index (χ2v) is 4.93. The van der Waals surface area contributed by atoms with Gasteiger partial charge in [-0.3, -0.25) is 4.79 Å². The standard InChI is InChI=1S/C17H17NO2/c1-3-12-4-5-13-11-18(17(19)16(13)10-12)14-6-8-15(20-2)9-7-14/h4-10H,3,11H2,1-2H3. The molecular weight excluding hydrogens is 250 g/mol. The minimum atomic E-state index is 0.0838. The quantitative estimate of drug-likeness (QED) is 0.852. The first-order chi connectivity index (χ1) is 9.72. The maximum Gasteiger partial charge on any atom is 0.258 e. The Morgan fingerprint density at radius 3 is 2.55 bits per heavy atom. The number of carbonyl (C=O) groups is 1. The van der Waals surface area contributed by atoms with Crippen molar-refractivity contribution in [1.82, 2.24) is 0 Å². The molecule has 0 saturated heterocycles. The van der Waals surface area contributed by atoms with E-state index in [2.05, 4.69) is 19.1 Å². The van der Waals surface area contributed by atoms with Crippen LogP contribution in [0.3, 0.4) is 0 Å². The lowest BCUT2D eigenvalue weighted by atomic mass is 10.0. The average molecular weight is 267 g/mol. The van der Waals surface area contributed by atoms with Gasteiger partial charge in [-0.2, -0.15) is 0 Å². The molecule has 1 aliphatic heterocycles. The Morgan fingerprint density at radius 1 is 1.15 bits per heavy atom. The van der Waals surface area contributed by atoms with Gasteiger partial charge in [-0.05, 0) is 47.9 Å². The summed E-state index contributed by atoms with van der Waals surface area (Å²) in [6, 6.07) is 13.8. The summed E-state index contributed by atoms with van der Waals surface area (Å²) in [5, 5.41) is 0. The van der Waals surface area contributed by atoms with Gasteiger partial charge in [-0.15, -0.1) is 0 Å². The number of anilines is 1. The molecule has 3 rings (SSSR count). The first-order valence-electron chi connectivity index (χ1n) is 6.80. The molecule has 1 amide bonds. The first kappa shape index (κ1) is 12.7. The third-order valence-electron chi connectivity index (χ3n) is 3.77. The van der Waals surface area contributed by atoms with Crippen molar-refractivity contribution >= 4 is 11.6 Å². The minimum Gasteiger partial charge on any atom is -0.497 e. The zero-order chi connectivity index (χ0) is 14.1. The van der Waals surface area contributed by atoms with Gasteiger partial charge in [0.25, 0.3) is 5.91 Å². The van der Waals surface area contributed by atoms with Crippen molar-refractivity contribution in [1.29, 1.82) is 0 Å². The second kappa shape index (κ2) is 5.00. The van der Waals surface area contributed by atoms with Crippen LogP contribution in [0.2, 0.25) is 0 Å². The fraction of sp³-hybridized carbons (Fsp3) is 0.235. The smallest absolute Gasteiger partial charge is 0.258 e. The van der Waals surface area contributed by atoms with Gasteiger partial charge in [-0.25, -0.2) is 0 Å². The Balaban J connectivity index is 1.92. The molecule has 0 saturated carbocycles. The molecule has 20 heavy (non-hydrogen) atoms. The lowest BCUT2D eigenvalue weighted by Gasteiger charge is -2.15. The number of hydrogen-bond acceptors (Lipinski definition) is 2. The van der Waals surface area contributed by atoms with E-state index in [1.807, 2.05) is 35.2 Å². The number of ether oxygens (including phenoxy) is 1. The predicted molar refractivity (Wildman–Crippen MR) is 79.3 cm³/mol. The average Bonchev–Trinajstić information content (AvgIpc) is 2.84. The molecule has 0 atom stereocenters. The summed E-state index contributed by atoms with van der Waals surface area (Å²) in [4.78, 5) is 14.3. The van der Waals surface area contributed by atoms with E-state index >= 15 is 0 Å². The van der Waals surface area contributed by atoms with Crippen LogP contribution in [-0.2, 0) is 13.0 Å². The number of nitrogens with zero attached hydrogens (tertiary/aromatic N) is 1. The maximum absolute atomic E-state index is 12.5. The Labute approximate surface area is 118 Å². The maximum atomic E-state index is 12.5. The number of fused-ring (bicyclic) bond motifs is 1. The molecule has 1 aliphatic rings. The third kappa shape index (κ3) is 2.05. The Hall–Kier alpha value is -2.29. The fourth-order valence-electron chi connectivity index (χ4n) is 2.54. The number of carbonyl (C=O) groups excluding carboxylic acids is 1. The van der Waals surface area contributed by atoms with Crippen LogP contribution >= 0.6 is 0 Å². The Bertz CT molecular complexity index is 647. The van der Waals surface area contributed by atoms with Crippen LogP contribution < -0.4 is 9.64 Å². The van der Waals surface area contributed by atoms with Gasteiger partial charge in [0.15, 0.2) is 0 Å². The molecule has 2 aromatic carbocycles. The van der Waals surface area contributed by atoms with Gasteiger partial charge >= 0.3 is 0 Å². The van der Waals surface area contributed by atoms with Crippen LogP contribution in [0.15, 0.2) is 42.5 Å². The van der Waals surface area contributed by atoms with Crippen LogP contribution in [0.4, 0.5) is 5.69 Å². The molecule has 0 N–H and O–H groups in total. The van der Waals surface area contributed by atoms with Gasteiger partial charge < -0.3 is 9.64 Å². The van der Waals surface area contributed by atoms with Crippen LogP contribution in [0.5, 0.6) is 5.75 Å². The first-order valence-corrected chi connectivity index (χ1v) is 6.80. The number of rotatable bonds is 3. The highest BCUT2D eigenvalue weighted by Gasteiger charge is 2.28. The molecule has 0 spiro atoms. The summed E-state index contributed by atoms with van der Waals surface area (Å²) in [5.41, 5.74) is 4.04. The zero-order valence-electron chi connectivity index (χ0n) is 11.7. The highest BCUT2D eigenvalue weighted by atomic mass is 16.5. The van der Waals surface area contributed by atoms with Gasteiger partial charge in [0.1, 0.15) is 5.75 Å². The normalized spacial score (nSPS) is 13.5. The van der Waals surface area contributed by atoms with Crippen LogP contribution in [0, 0.1) is 0 Å². The van der Waals surface area contributed by atoms with Crippen molar-refractivity contribution in [2.45, 2.75) is 19.9 Å². The fourth-order valence-corrected chi connectivity index (χ4v) is 2.54. The molecule has 3 nitrogen and oxygen atoms in total. The van der Waals surface area contributed by atoms with E-state index in [1.54, 1.807) is 7.11 Å². The molecule has 0 radical (unpaired) electrons. The monoisotopic (exact) mass is 267 g/mol. The number of amides is 1. The van der Waals surface area contributed by atoms with Gasteiger partial charge in [-0.1, -0.05) is 19.1 Å². The summed E-state index contributed by atoms with van der Waals surface area (Å²) in [6.07, 6.45) is 0.948. The number of aryl methyl sites for hydroxylation is 1. The van der Waals surface area contributed by atoms with E-state index in [0.29, 0.717) is 6.54 Å². The summed E-state index contributed by atoms with van der Waals surface area (Å²) in [5.74, 6) is 0.881. The van der Waals surface area contributed by atoms with Crippen LogP contribution in [-0.4, -0.2) is 13.0 Å². The summed E-state index contributed by atoms with van der Waals surface area (Å²) in [7, 11) is 1.64. The third-order valence-corrected chi connectivity index (χ3v) is 3.77. The minimum absolute atomic E-state index is 0.0838. The van der Waals surface area contributed by atoms with Crippen molar-refractivity contribution in [3.63, 3.8) is 0 Å². The highest BCUT2D eigenvalue weighted by molar-refractivity contribution is 6.10. The molecule has 102 valence electrons. The molecule has 0 fully saturated rings. The molecule has 0 unspecified atom stereocenters. The molecule has 3 heteroatoms. The second-order valence-electron chi connectivity index (χ2n) is 4.93. The van der Waals surface area contributed by atoms with Gasteiger partial charge in [0.05, 0.1) is 13.7 Å². The molecule has 0 aromatic heterocycles. The van der Waals surface area contributed by atoms with E-state index < -0.39 is 0 Å². The largest absolute Gasteiger partial charge is 0.497 e. The lowest BCUT2D eigenvalue weighted by molar-refractivity contribution is 0.0996. The zero-order valence-corrected chi connectivity index (χ0v) is 11.7. The van der Waals surface area contributed by atoms with Crippen molar-refractivity contribution in [3.8, 4) is 5.75 Å². The van der Waals surface area contributed by atoms with Gasteiger partial charge in [0.2, 0.25) is 0 Å². The van der Waals surface area contributed by atoms with E-state index in [0.717, 1.165) is 29.0 Å². The summed E-state index contributed by atoms with van der Waals surface area (Å²) in [6.45, 7) is 2.74. The SMILES string of the molecule is CCc1ccc2c(c1)C(=O)N(c1ccc(OC)cc1)C2. The molecule has 0 bridgehead atoms. The van der Waals surface area contributed by atoms with E-state index in [9.17, 15) is 4.79 Å². The van der Waals surface area contributed by atoms with E-state index in [1.165, 1.54) is 5.56 Å². The van der Waals surface area contributed by atoms with Crippen LogP contribution in [0.1, 0.15) is 28.4 Å². The Kier molecular flexibility index (Phi) is 3.18. The molecule has 0 aliphatic carbocycles. The predicted octanol–water partition coefficient (Wildman–Crippen LogP) is 3.42. The molecule has 1 heterocycles. The van der Waals surface area contributed by atoms with Crippen LogP contribution in [0.25, 0.3) is 0 Å². The summed E-state index contributed by atoms with van der Waals surface area (Å²) >= 11 is 0. The number of methoxy groups -OCH3 is 1. The Morgan fingerprint density at radius 2 is 1.90 bits per heavy atom. The van der Waals surface area contributed by atoms with Gasteiger partial charge in [0, 0.05) is 11.3 Å². The highest BCUT2D eigenvalue weighted by Crippen LogP contribution is 2.30. The summed E-state index contributed by atoms with van der Waals surface area (Å²) < 4.78 is 5.15. The van der Waals surface area contributed by atoms with Crippen molar-refractivity contribution in [3.05, 3.63) is 59.2 Å².